The predicted molar refractivity (Wildman–Crippen MR) is 119 cm³/mol. The first-order chi connectivity index (χ1) is 16.0. The van der Waals surface area contributed by atoms with E-state index in [1.54, 1.807) is 0 Å². The number of rotatable bonds is 4. The van der Waals surface area contributed by atoms with Gasteiger partial charge in [-0.1, -0.05) is 24.3 Å². The van der Waals surface area contributed by atoms with Crippen molar-refractivity contribution >= 4 is 11.5 Å². The number of allylic oxidation sites excluding steroid dienone is 4. The van der Waals surface area contributed by atoms with Gasteiger partial charge >= 0.3 is 0 Å². The highest BCUT2D eigenvalue weighted by Gasteiger charge is 2.57. The van der Waals surface area contributed by atoms with Gasteiger partial charge in [-0.25, -0.2) is 0 Å². The highest BCUT2D eigenvalue weighted by Crippen LogP contribution is 2.61. The van der Waals surface area contributed by atoms with E-state index in [-0.39, 0.29) is 16.9 Å². The van der Waals surface area contributed by atoms with Crippen LogP contribution in [0.15, 0.2) is 17.7 Å². The molecule has 174 valence electrons. The molecule has 0 unspecified atom stereocenters. The van der Waals surface area contributed by atoms with Gasteiger partial charge < -0.3 is 4.90 Å². The maximum atomic E-state index is 13.0. The third-order valence-corrected chi connectivity index (χ3v) is 9.29. The van der Waals surface area contributed by atoms with E-state index in [4.69, 9.17) is 0 Å². The van der Waals surface area contributed by atoms with Crippen LogP contribution in [0.5, 0.6) is 0 Å². The average molecular weight is 450 g/mol. The summed E-state index contributed by atoms with van der Waals surface area (Å²) in [6.45, 7) is 5.46. The van der Waals surface area contributed by atoms with Gasteiger partial charge in [0, 0.05) is 30.5 Å². The number of H-pyrrole nitrogens is 2. The summed E-state index contributed by atoms with van der Waals surface area (Å²) in [5.74, 6) is 3.45. The van der Waals surface area contributed by atoms with Crippen LogP contribution in [0.4, 0.5) is 0 Å². The van der Waals surface area contributed by atoms with E-state index in [1.165, 1.54) is 11.1 Å². The fourth-order valence-corrected chi connectivity index (χ4v) is 7.54. The van der Waals surface area contributed by atoms with E-state index in [0.717, 1.165) is 44.3 Å². The second-order valence-corrected chi connectivity index (χ2v) is 10.7. The lowest BCUT2D eigenvalue weighted by molar-refractivity contribution is -0.156. The van der Waals surface area contributed by atoms with E-state index in [0.29, 0.717) is 43.0 Å². The summed E-state index contributed by atoms with van der Waals surface area (Å²) in [5.41, 5.74) is 2.71. The molecule has 0 aromatic carbocycles. The number of nitrogens with zero attached hydrogens (tertiary/aromatic N) is 7. The van der Waals surface area contributed by atoms with Crippen molar-refractivity contribution in [2.75, 3.05) is 6.54 Å². The molecule has 0 bridgehead atoms. The van der Waals surface area contributed by atoms with E-state index >= 15 is 0 Å². The number of hydrogen-bond acceptors (Lipinski definition) is 7. The minimum atomic E-state index is -0.0950. The first kappa shape index (κ1) is 20.7. The third kappa shape index (κ3) is 3.17. The van der Waals surface area contributed by atoms with Crippen LogP contribution >= 0.6 is 0 Å². The number of aromatic nitrogens is 8. The molecule has 2 N–H and O–H groups in total. The molecule has 1 saturated heterocycles. The molecule has 10 nitrogen and oxygen atoms in total. The Hall–Kier alpha value is -2.91. The van der Waals surface area contributed by atoms with Gasteiger partial charge in [0.1, 0.15) is 0 Å². The summed E-state index contributed by atoms with van der Waals surface area (Å²) in [4.78, 5) is 15.2. The largest absolute Gasteiger partial charge is 0.337 e. The van der Waals surface area contributed by atoms with Crippen molar-refractivity contribution in [3.05, 3.63) is 29.4 Å². The summed E-state index contributed by atoms with van der Waals surface area (Å²) in [5, 5.41) is 29.1. The number of carbonyl (C=O) groups excluding carboxylic acids is 1. The molecule has 2 aromatic rings. The van der Waals surface area contributed by atoms with Crippen LogP contribution in [-0.4, -0.2) is 64.1 Å². The van der Waals surface area contributed by atoms with Crippen molar-refractivity contribution in [2.24, 2.45) is 23.2 Å². The quantitative estimate of drug-likeness (QED) is 0.733. The number of likely N-dealkylation sites (tertiary alicyclic amines) is 1. The van der Waals surface area contributed by atoms with Gasteiger partial charge in [0.2, 0.25) is 11.7 Å². The van der Waals surface area contributed by atoms with E-state index < -0.39 is 0 Å². The minimum Gasteiger partial charge on any atom is -0.337 e. The van der Waals surface area contributed by atoms with Gasteiger partial charge in [-0.05, 0) is 79.4 Å². The van der Waals surface area contributed by atoms with Crippen LogP contribution in [0.25, 0.3) is 5.57 Å². The number of hydrogen-bond donors (Lipinski definition) is 2. The molecule has 2 fully saturated rings. The number of tetrazole rings is 2. The van der Waals surface area contributed by atoms with Crippen LogP contribution in [0, 0.1) is 23.2 Å². The van der Waals surface area contributed by atoms with Crippen molar-refractivity contribution < 1.29 is 4.79 Å². The van der Waals surface area contributed by atoms with Crippen molar-refractivity contribution in [1.82, 2.24) is 46.1 Å². The summed E-state index contributed by atoms with van der Waals surface area (Å²) in [6.07, 6.45) is 12.5. The van der Waals surface area contributed by atoms with Gasteiger partial charge in [-0.3, -0.25) is 4.79 Å². The van der Waals surface area contributed by atoms with Crippen molar-refractivity contribution in [2.45, 2.75) is 70.8 Å². The Balaban J connectivity index is 1.27. The van der Waals surface area contributed by atoms with E-state index in [1.807, 2.05) is 0 Å². The smallest absolute Gasteiger partial charge is 0.223 e. The molecule has 1 aliphatic heterocycles. The molecular formula is C23H31N9O. The predicted octanol–water partition coefficient (Wildman–Crippen LogP) is 2.49. The topological polar surface area (TPSA) is 129 Å². The monoisotopic (exact) mass is 449 g/mol. The average Bonchev–Trinajstić information content (AvgIpc) is 3.52. The Bertz CT molecular complexity index is 1090. The first-order valence-electron chi connectivity index (χ1n) is 12.2. The molecule has 1 amide bonds. The minimum absolute atomic E-state index is 0.0950. The first-order valence-corrected chi connectivity index (χ1v) is 12.2. The number of piperidine rings is 1. The molecule has 10 heteroatoms. The molecule has 33 heavy (non-hydrogen) atoms. The standard InChI is InChI=1S/C23H31N9O/c1-22-10-7-14(21-26-30-31-27-21)13-15(22)3-4-16-17(22)8-11-23(2)18(16)5-6-20(33)32(23)12-9-19-24-28-29-25-19/h3,13,16-18H,4-12H2,1-2H3,(H,24,25,28,29)(H,26,27,30,31)/t16-,17+,18+,22+,23+/m1/s1. The van der Waals surface area contributed by atoms with Gasteiger partial charge in [0.25, 0.3) is 0 Å². The second kappa shape index (κ2) is 7.56. The molecule has 1 saturated carbocycles. The lowest BCUT2D eigenvalue weighted by Crippen LogP contribution is -2.64. The molecule has 6 rings (SSSR count). The van der Waals surface area contributed by atoms with E-state index in [2.05, 4.69) is 72.1 Å². The Morgan fingerprint density at radius 2 is 1.91 bits per heavy atom. The molecular weight excluding hydrogens is 418 g/mol. The molecule has 3 aliphatic carbocycles. The molecule has 0 radical (unpaired) electrons. The zero-order chi connectivity index (χ0) is 22.6. The van der Waals surface area contributed by atoms with Gasteiger partial charge in [-0.2, -0.15) is 10.4 Å². The van der Waals surface area contributed by atoms with E-state index in [9.17, 15) is 4.79 Å². The molecule has 4 aliphatic rings. The van der Waals surface area contributed by atoms with Crippen molar-refractivity contribution in [3.8, 4) is 0 Å². The fraction of sp³-hybridized carbons (Fsp3) is 0.696. The highest BCUT2D eigenvalue weighted by molar-refractivity contribution is 5.78. The molecule has 2 aromatic heterocycles. The van der Waals surface area contributed by atoms with Crippen LogP contribution in [-0.2, 0) is 11.2 Å². The van der Waals surface area contributed by atoms with Crippen LogP contribution in [0.2, 0.25) is 0 Å². The number of nitrogens with one attached hydrogen (secondary N) is 2. The Labute approximate surface area is 192 Å². The summed E-state index contributed by atoms with van der Waals surface area (Å²) >= 11 is 0. The Morgan fingerprint density at radius 3 is 2.70 bits per heavy atom. The number of fused-ring (bicyclic) bond motifs is 5. The second-order valence-electron chi connectivity index (χ2n) is 10.7. The summed E-state index contributed by atoms with van der Waals surface area (Å²) < 4.78 is 0. The molecule has 0 spiro atoms. The highest BCUT2D eigenvalue weighted by atomic mass is 16.2. The lowest BCUT2D eigenvalue weighted by atomic mass is 9.48. The zero-order valence-corrected chi connectivity index (χ0v) is 19.3. The Kier molecular flexibility index (Phi) is 4.74. The summed E-state index contributed by atoms with van der Waals surface area (Å²) in [7, 11) is 0. The SMILES string of the molecule is C[C@]12CCC(c3nn[nH]n3)=CC1=CC[C@@H]1[C@@H]2CC[C@@]2(C)[C@H]1CCC(=O)N2CCc1nn[nH]n1. The van der Waals surface area contributed by atoms with Gasteiger partial charge in [-0.15, -0.1) is 20.4 Å². The van der Waals surface area contributed by atoms with Crippen molar-refractivity contribution in [3.63, 3.8) is 0 Å². The fourth-order valence-electron chi connectivity index (χ4n) is 7.54. The molecule has 3 heterocycles. The number of amides is 1. The van der Waals surface area contributed by atoms with Crippen LogP contribution in [0.3, 0.4) is 0 Å². The normalized spacial score (nSPS) is 35.9. The molecule has 5 atom stereocenters. The lowest BCUT2D eigenvalue weighted by Gasteiger charge is -2.61. The van der Waals surface area contributed by atoms with Gasteiger partial charge in [0.15, 0.2) is 5.82 Å². The van der Waals surface area contributed by atoms with Gasteiger partial charge in [0.05, 0.1) is 0 Å². The van der Waals surface area contributed by atoms with Crippen molar-refractivity contribution in [1.29, 1.82) is 0 Å². The number of carbonyl (C=O) groups is 1. The summed E-state index contributed by atoms with van der Waals surface area (Å²) in [6, 6.07) is 0. The maximum absolute atomic E-state index is 13.0. The Morgan fingerprint density at radius 1 is 1.06 bits per heavy atom. The third-order valence-electron chi connectivity index (χ3n) is 9.29. The maximum Gasteiger partial charge on any atom is 0.223 e. The zero-order valence-electron chi connectivity index (χ0n) is 19.3. The number of aromatic amines is 2. The van der Waals surface area contributed by atoms with Crippen LogP contribution < -0.4 is 0 Å². The van der Waals surface area contributed by atoms with Crippen LogP contribution in [0.1, 0.15) is 70.4 Å².